The van der Waals surface area contributed by atoms with Gasteiger partial charge in [-0.3, -0.25) is 4.79 Å². The lowest BCUT2D eigenvalue weighted by Crippen LogP contribution is -2.30. The zero-order chi connectivity index (χ0) is 19.9. The molecule has 1 saturated carbocycles. The Bertz CT molecular complexity index is 797. The molecule has 3 amide bonds. The number of anilines is 2. The summed E-state index contributed by atoms with van der Waals surface area (Å²) >= 11 is 0. The van der Waals surface area contributed by atoms with Crippen LogP contribution in [0.2, 0.25) is 0 Å². The summed E-state index contributed by atoms with van der Waals surface area (Å²) in [7, 11) is 0. The summed E-state index contributed by atoms with van der Waals surface area (Å²) in [5.41, 5.74) is 2.14. The van der Waals surface area contributed by atoms with Gasteiger partial charge in [0, 0.05) is 43.1 Å². The number of carbonyl (C=O) groups excluding carboxylic acids is 2. The SMILES string of the molecule is CCN(CC)c1ccc(CNC(=O)c2ccc(NC(=O)NC3CC3)cc2)cn1. The maximum absolute atomic E-state index is 12.3. The summed E-state index contributed by atoms with van der Waals surface area (Å²) in [5, 5.41) is 8.52. The van der Waals surface area contributed by atoms with Gasteiger partial charge in [0.25, 0.3) is 5.91 Å². The minimum absolute atomic E-state index is 0.165. The average molecular weight is 381 g/mol. The number of amides is 3. The average Bonchev–Trinajstić information content (AvgIpc) is 3.52. The molecule has 7 heteroatoms. The van der Waals surface area contributed by atoms with Crippen LogP contribution in [0.25, 0.3) is 0 Å². The molecule has 0 atom stereocenters. The molecule has 1 aromatic carbocycles. The van der Waals surface area contributed by atoms with E-state index in [1.807, 2.05) is 12.1 Å². The van der Waals surface area contributed by atoms with Crippen molar-refractivity contribution in [2.75, 3.05) is 23.3 Å². The Morgan fingerprint density at radius 1 is 1.07 bits per heavy atom. The van der Waals surface area contributed by atoms with Crippen molar-refractivity contribution >= 4 is 23.4 Å². The van der Waals surface area contributed by atoms with Crippen LogP contribution in [0.3, 0.4) is 0 Å². The molecule has 1 fully saturated rings. The third-order valence-electron chi connectivity index (χ3n) is 4.67. The number of pyridine rings is 1. The van der Waals surface area contributed by atoms with Gasteiger partial charge in [-0.1, -0.05) is 6.07 Å². The van der Waals surface area contributed by atoms with Gasteiger partial charge >= 0.3 is 6.03 Å². The van der Waals surface area contributed by atoms with Gasteiger partial charge in [-0.15, -0.1) is 0 Å². The summed E-state index contributed by atoms with van der Waals surface area (Å²) in [6.45, 7) is 6.42. The molecule has 148 valence electrons. The van der Waals surface area contributed by atoms with Gasteiger partial charge in [0.05, 0.1) is 0 Å². The second-order valence-electron chi connectivity index (χ2n) is 6.83. The number of carbonyl (C=O) groups is 2. The highest BCUT2D eigenvalue weighted by atomic mass is 16.2. The molecule has 1 aliphatic rings. The quantitative estimate of drug-likeness (QED) is 0.656. The molecule has 0 spiro atoms. The van der Waals surface area contributed by atoms with Crippen molar-refractivity contribution in [3.8, 4) is 0 Å². The number of urea groups is 1. The standard InChI is InChI=1S/C21H27N5O2/c1-3-26(4-2)19-12-5-15(13-22-19)14-23-20(27)16-6-8-17(9-7-16)24-21(28)25-18-10-11-18/h5-9,12-13,18H,3-4,10-11,14H2,1-2H3,(H,23,27)(H2,24,25,28). The van der Waals surface area contributed by atoms with Gasteiger partial charge in [0.15, 0.2) is 0 Å². The van der Waals surface area contributed by atoms with Crippen molar-refractivity contribution in [3.05, 3.63) is 53.7 Å². The van der Waals surface area contributed by atoms with Crippen molar-refractivity contribution in [2.45, 2.75) is 39.3 Å². The third kappa shape index (κ3) is 5.45. The molecular weight excluding hydrogens is 354 g/mol. The van der Waals surface area contributed by atoms with Crippen molar-refractivity contribution in [3.63, 3.8) is 0 Å². The second kappa shape index (κ2) is 9.21. The van der Waals surface area contributed by atoms with Crippen LogP contribution >= 0.6 is 0 Å². The van der Waals surface area contributed by atoms with Crippen LogP contribution in [0.15, 0.2) is 42.6 Å². The number of rotatable bonds is 8. The van der Waals surface area contributed by atoms with Crippen LogP contribution in [0, 0.1) is 0 Å². The predicted octanol–water partition coefficient (Wildman–Crippen LogP) is 3.14. The summed E-state index contributed by atoms with van der Waals surface area (Å²) in [4.78, 5) is 30.7. The minimum Gasteiger partial charge on any atom is -0.357 e. The van der Waals surface area contributed by atoms with E-state index in [0.29, 0.717) is 23.8 Å². The number of hydrogen-bond acceptors (Lipinski definition) is 4. The fourth-order valence-corrected chi connectivity index (χ4v) is 2.83. The Morgan fingerprint density at radius 3 is 2.36 bits per heavy atom. The lowest BCUT2D eigenvalue weighted by molar-refractivity contribution is 0.0951. The molecule has 0 aliphatic heterocycles. The Kier molecular flexibility index (Phi) is 6.47. The smallest absolute Gasteiger partial charge is 0.319 e. The van der Waals surface area contributed by atoms with E-state index in [2.05, 4.69) is 39.7 Å². The second-order valence-corrected chi connectivity index (χ2v) is 6.83. The van der Waals surface area contributed by atoms with Gasteiger partial charge in [-0.25, -0.2) is 9.78 Å². The van der Waals surface area contributed by atoms with E-state index in [4.69, 9.17) is 0 Å². The summed E-state index contributed by atoms with van der Waals surface area (Å²) in [5.74, 6) is 0.774. The highest BCUT2D eigenvalue weighted by Crippen LogP contribution is 2.19. The van der Waals surface area contributed by atoms with Crippen LogP contribution in [-0.4, -0.2) is 36.1 Å². The summed E-state index contributed by atoms with van der Waals surface area (Å²) in [6, 6.07) is 10.9. The van der Waals surface area contributed by atoms with Crippen molar-refractivity contribution in [1.29, 1.82) is 0 Å². The van der Waals surface area contributed by atoms with E-state index in [9.17, 15) is 9.59 Å². The fourth-order valence-electron chi connectivity index (χ4n) is 2.83. The van der Waals surface area contributed by atoms with Crippen LogP contribution < -0.4 is 20.9 Å². The van der Waals surface area contributed by atoms with E-state index in [1.165, 1.54) is 0 Å². The summed E-state index contributed by atoms with van der Waals surface area (Å²) in [6.07, 6.45) is 3.87. The van der Waals surface area contributed by atoms with Crippen molar-refractivity contribution in [2.24, 2.45) is 0 Å². The van der Waals surface area contributed by atoms with Crippen LogP contribution in [0.1, 0.15) is 42.6 Å². The molecule has 1 aliphatic carbocycles. The molecule has 2 aromatic rings. The van der Waals surface area contributed by atoms with Crippen LogP contribution in [0.5, 0.6) is 0 Å². The van der Waals surface area contributed by atoms with E-state index in [0.717, 1.165) is 37.3 Å². The number of nitrogens with zero attached hydrogens (tertiary/aromatic N) is 2. The van der Waals surface area contributed by atoms with E-state index in [1.54, 1.807) is 30.5 Å². The monoisotopic (exact) mass is 381 g/mol. The van der Waals surface area contributed by atoms with Gasteiger partial charge in [-0.05, 0) is 62.6 Å². The summed E-state index contributed by atoms with van der Waals surface area (Å²) < 4.78 is 0. The molecule has 0 bridgehead atoms. The van der Waals surface area contributed by atoms with Crippen molar-refractivity contribution < 1.29 is 9.59 Å². The molecule has 3 N–H and O–H groups in total. The molecule has 0 saturated heterocycles. The number of nitrogens with one attached hydrogen (secondary N) is 3. The molecule has 3 rings (SSSR count). The lowest BCUT2D eigenvalue weighted by Gasteiger charge is -2.19. The van der Waals surface area contributed by atoms with E-state index < -0.39 is 0 Å². The first kappa shape index (κ1) is 19.7. The van der Waals surface area contributed by atoms with E-state index >= 15 is 0 Å². The molecule has 1 heterocycles. The maximum Gasteiger partial charge on any atom is 0.319 e. The fraction of sp³-hybridized carbons (Fsp3) is 0.381. The highest BCUT2D eigenvalue weighted by Gasteiger charge is 2.23. The number of benzene rings is 1. The lowest BCUT2D eigenvalue weighted by atomic mass is 10.2. The number of aromatic nitrogens is 1. The topological polar surface area (TPSA) is 86.4 Å². The minimum atomic E-state index is -0.208. The third-order valence-corrected chi connectivity index (χ3v) is 4.67. The molecule has 1 aromatic heterocycles. The Balaban J connectivity index is 1.49. The van der Waals surface area contributed by atoms with Gasteiger partial charge in [0.2, 0.25) is 0 Å². The Labute approximate surface area is 165 Å². The molecule has 0 radical (unpaired) electrons. The molecular formula is C21H27N5O2. The molecule has 28 heavy (non-hydrogen) atoms. The zero-order valence-corrected chi connectivity index (χ0v) is 16.4. The highest BCUT2D eigenvalue weighted by molar-refractivity contribution is 5.95. The van der Waals surface area contributed by atoms with Crippen LogP contribution in [0.4, 0.5) is 16.3 Å². The first-order valence-electron chi connectivity index (χ1n) is 9.74. The van der Waals surface area contributed by atoms with Gasteiger partial charge < -0.3 is 20.9 Å². The number of hydrogen-bond donors (Lipinski definition) is 3. The molecule has 0 unspecified atom stereocenters. The largest absolute Gasteiger partial charge is 0.357 e. The molecule has 7 nitrogen and oxygen atoms in total. The Morgan fingerprint density at radius 2 is 1.79 bits per heavy atom. The maximum atomic E-state index is 12.3. The van der Waals surface area contributed by atoms with Gasteiger partial charge in [-0.2, -0.15) is 0 Å². The van der Waals surface area contributed by atoms with Crippen LogP contribution in [-0.2, 0) is 6.54 Å². The normalized spacial score (nSPS) is 12.9. The van der Waals surface area contributed by atoms with Gasteiger partial charge in [0.1, 0.15) is 5.82 Å². The predicted molar refractivity (Wildman–Crippen MR) is 111 cm³/mol. The Hall–Kier alpha value is -3.09. The zero-order valence-electron chi connectivity index (χ0n) is 16.4. The first-order valence-corrected chi connectivity index (χ1v) is 9.74. The van der Waals surface area contributed by atoms with E-state index in [-0.39, 0.29) is 11.9 Å². The first-order chi connectivity index (χ1) is 13.6. The van der Waals surface area contributed by atoms with Crippen molar-refractivity contribution in [1.82, 2.24) is 15.6 Å².